The second-order valence-electron chi connectivity index (χ2n) is 11.0. The number of fused-ring (bicyclic) bond motifs is 1. The quantitative estimate of drug-likeness (QED) is 0.266. The third-order valence-corrected chi connectivity index (χ3v) is 6.56. The van der Waals surface area contributed by atoms with Crippen LogP contribution in [0.5, 0.6) is 5.75 Å². The van der Waals surface area contributed by atoms with E-state index in [9.17, 15) is 9.59 Å². The van der Waals surface area contributed by atoms with Crippen molar-refractivity contribution in [2.75, 3.05) is 18.4 Å². The van der Waals surface area contributed by atoms with Crippen LogP contribution in [-0.2, 0) is 4.74 Å². The molecule has 3 aromatic rings. The van der Waals surface area contributed by atoms with E-state index in [2.05, 4.69) is 22.0 Å². The lowest BCUT2D eigenvalue weighted by Gasteiger charge is -2.33. The molecule has 4 rings (SSSR count). The van der Waals surface area contributed by atoms with Crippen LogP contribution in [0.3, 0.4) is 0 Å². The van der Waals surface area contributed by atoms with Gasteiger partial charge >= 0.3 is 6.09 Å². The lowest BCUT2D eigenvalue weighted by molar-refractivity contribution is 0.0126. The summed E-state index contributed by atoms with van der Waals surface area (Å²) in [5, 5.41) is 4.77. The molecule has 2 aromatic carbocycles. The van der Waals surface area contributed by atoms with Crippen molar-refractivity contribution < 1.29 is 19.1 Å². The molecule has 0 aliphatic carbocycles. The smallest absolute Gasteiger partial charge is 0.410 e. The van der Waals surface area contributed by atoms with Gasteiger partial charge in [0.25, 0.3) is 5.91 Å². The fraction of sp³-hybridized carbons (Fsp3) is 0.312. The first kappa shape index (κ1) is 29.3. The number of allylic oxidation sites excluding steroid dienone is 2. The Kier molecular flexibility index (Phi) is 9.07. The number of anilines is 1. The van der Waals surface area contributed by atoms with Crippen molar-refractivity contribution in [1.29, 1.82) is 0 Å². The van der Waals surface area contributed by atoms with Gasteiger partial charge in [-0.05, 0) is 93.4 Å². The van der Waals surface area contributed by atoms with Crippen molar-refractivity contribution in [3.8, 4) is 5.75 Å². The number of hydrogen-bond acceptors (Lipinski definition) is 7. The number of piperidine rings is 1. The lowest BCUT2D eigenvalue weighted by atomic mass is 10.0. The summed E-state index contributed by atoms with van der Waals surface area (Å²) in [5.74, 6) is 0.862. The van der Waals surface area contributed by atoms with Crippen molar-refractivity contribution >= 4 is 40.9 Å². The summed E-state index contributed by atoms with van der Waals surface area (Å²) in [4.78, 5) is 35.0. The molecule has 0 spiro atoms. The third kappa shape index (κ3) is 8.17. The van der Waals surface area contributed by atoms with Crippen molar-refractivity contribution in [1.82, 2.24) is 9.88 Å². The standard InChI is InChI=1S/C32H37N5O4/c1-21(16-26(33)20-34-5)23-6-7-24-19-35-29(18-25(24)17-23)36-30(38)22-8-10-27(11-9-22)40-28-12-14-37(15-13-28)31(39)41-32(2,3)4/h6-11,16-20,28H,5,12-15,33H2,1-4H3,(H,35,36,38)/b21-16+,26-20+. The van der Waals surface area contributed by atoms with Gasteiger partial charge in [0.2, 0.25) is 0 Å². The van der Waals surface area contributed by atoms with Gasteiger partial charge in [-0.3, -0.25) is 9.79 Å². The zero-order valence-corrected chi connectivity index (χ0v) is 24.0. The van der Waals surface area contributed by atoms with Gasteiger partial charge in [-0.15, -0.1) is 0 Å². The SMILES string of the molecule is C=N/C=C(N)\C=C(/C)c1ccc2cnc(NC(=O)c3ccc(OC4CCN(C(=O)OC(C)(C)C)CC4)cc3)cc2c1. The molecule has 0 bridgehead atoms. The molecular weight excluding hydrogens is 518 g/mol. The summed E-state index contributed by atoms with van der Waals surface area (Å²) in [5.41, 5.74) is 8.38. The first-order chi connectivity index (χ1) is 19.5. The molecule has 0 atom stereocenters. The Hall–Kier alpha value is -4.66. The van der Waals surface area contributed by atoms with E-state index in [-0.39, 0.29) is 18.1 Å². The van der Waals surface area contributed by atoms with E-state index in [0.717, 1.165) is 21.9 Å². The molecule has 3 N–H and O–H groups in total. The Balaban J connectivity index is 1.35. The van der Waals surface area contributed by atoms with Crippen LogP contribution < -0.4 is 15.8 Å². The van der Waals surface area contributed by atoms with Crippen LogP contribution in [0, 0.1) is 0 Å². The molecule has 1 aromatic heterocycles. The average molecular weight is 556 g/mol. The number of carbonyl (C=O) groups is 2. The van der Waals surface area contributed by atoms with Crippen LogP contribution in [0.1, 0.15) is 56.5 Å². The number of amides is 2. The number of nitrogens with zero attached hydrogens (tertiary/aromatic N) is 3. The molecule has 0 saturated carbocycles. The summed E-state index contributed by atoms with van der Waals surface area (Å²) in [6.45, 7) is 12.1. The Morgan fingerprint density at radius 3 is 2.41 bits per heavy atom. The van der Waals surface area contributed by atoms with Crippen LogP contribution in [0.4, 0.5) is 10.6 Å². The molecular formula is C32H37N5O4. The van der Waals surface area contributed by atoms with E-state index in [0.29, 0.717) is 48.8 Å². The van der Waals surface area contributed by atoms with Gasteiger partial charge in [0, 0.05) is 49.3 Å². The summed E-state index contributed by atoms with van der Waals surface area (Å²) in [6.07, 6.45) is 6.18. The van der Waals surface area contributed by atoms with E-state index in [1.54, 1.807) is 35.4 Å². The third-order valence-electron chi connectivity index (χ3n) is 6.56. The van der Waals surface area contributed by atoms with Crippen LogP contribution in [0.25, 0.3) is 16.3 Å². The normalized spacial score (nSPS) is 15.0. The first-order valence-corrected chi connectivity index (χ1v) is 13.6. The highest BCUT2D eigenvalue weighted by Crippen LogP contribution is 2.24. The molecule has 0 unspecified atom stereocenters. The van der Waals surface area contributed by atoms with Gasteiger partial charge in [-0.2, -0.15) is 0 Å². The Bertz CT molecular complexity index is 1480. The number of carbonyl (C=O) groups excluding carboxylic acids is 2. The van der Waals surface area contributed by atoms with E-state index in [1.165, 1.54) is 6.20 Å². The van der Waals surface area contributed by atoms with Gasteiger partial charge < -0.3 is 25.4 Å². The zero-order valence-electron chi connectivity index (χ0n) is 24.0. The van der Waals surface area contributed by atoms with Crippen LogP contribution >= 0.6 is 0 Å². The minimum atomic E-state index is -0.514. The molecule has 1 saturated heterocycles. The predicted octanol–water partition coefficient (Wildman–Crippen LogP) is 6.17. The summed E-state index contributed by atoms with van der Waals surface area (Å²) in [7, 11) is 0. The monoisotopic (exact) mass is 555 g/mol. The second kappa shape index (κ2) is 12.7. The number of likely N-dealkylation sites (tertiary alicyclic amines) is 1. The topological polar surface area (TPSA) is 119 Å². The summed E-state index contributed by atoms with van der Waals surface area (Å²) >= 11 is 0. The molecule has 9 nitrogen and oxygen atoms in total. The van der Waals surface area contributed by atoms with E-state index < -0.39 is 5.60 Å². The number of benzene rings is 2. The van der Waals surface area contributed by atoms with E-state index in [4.69, 9.17) is 15.2 Å². The number of ether oxygens (including phenoxy) is 2. The number of nitrogens with two attached hydrogens (primary N) is 1. The van der Waals surface area contributed by atoms with Crippen LogP contribution in [0.15, 0.2) is 77.7 Å². The van der Waals surface area contributed by atoms with Gasteiger partial charge in [0.15, 0.2) is 0 Å². The Labute approximate surface area is 240 Å². The van der Waals surface area contributed by atoms with Gasteiger partial charge in [0.05, 0.1) is 5.70 Å². The number of aromatic nitrogens is 1. The van der Waals surface area contributed by atoms with Gasteiger partial charge in [-0.1, -0.05) is 12.1 Å². The molecule has 214 valence electrons. The van der Waals surface area contributed by atoms with E-state index >= 15 is 0 Å². The maximum Gasteiger partial charge on any atom is 0.410 e. The number of hydrogen-bond donors (Lipinski definition) is 2. The fourth-order valence-corrected chi connectivity index (χ4v) is 4.48. The van der Waals surface area contributed by atoms with Gasteiger partial charge in [-0.25, -0.2) is 9.78 Å². The van der Waals surface area contributed by atoms with Crippen molar-refractivity contribution in [3.05, 3.63) is 83.8 Å². The lowest BCUT2D eigenvalue weighted by Crippen LogP contribution is -2.44. The Morgan fingerprint density at radius 1 is 1.07 bits per heavy atom. The number of nitrogens with one attached hydrogen (secondary N) is 1. The van der Waals surface area contributed by atoms with Crippen LogP contribution in [0.2, 0.25) is 0 Å². The van der Waals surface area contributed by atoms with Crippen molar-refractivity contribution in [2.24, 2.45) is 10.7 Å². The number of pyridine rings is 1. The van der Waals surface area contributed by atoms with E-state index in [1.807, 2.05) is 58.0 Å². The maximum atomic E-state index is 12.9. The largest absolute Gasteiger partial charge is 0.490 e. The second-order valence-corrected chi connectivity index (χ2v) is 11.0. The molecule has 1 aliphatic rings. The van der Waals surface area contributed by atoms with Gasteiger partial charge in [0.1, 0.15) is 23.3 Å². The van der Waals surface area contributed by atoms with Crippen molar-refractivity contribution in [3.63, 3.8) is 0 Å². The summed E-state index contributed by atoms with van der Waals surface area (Å²) < 4.78 is 11.6. The number of rotatable bonds is 7. The minimum Gasteiger partial charge on any atom is -0.490 e. The maximum absolute atomic E-state index is 12.9. The highest BCUT2D eigenvalue weighted by Gasteiger charge is 2.27. The highest BCUT2D eigenvalue weighted by atomic mass is 16.6. The molecule has 0 radical (unpaired) electrons. The Morgan fingerprint density at radius 2 is 1.76 bits per heavy atom. The predicted molar refractivity (Wildman–Crippen MR) is 163 cm³/mol. The van der Waals surface area contributed by atoms with Crippen molar-refractivity contribution in [2.45, 2.75) is 52.2 Å². The number of aliphatic imine (C=N–C) groups is 1. The highest BCUT2D eigenvalue weighted by molar-refractivity contribution is 6.04. The zero-order chi connectivity index (χ0) is 29.6. The molecule has 9 heteroatoms. The first-order valence-electron chi connectivity index (χ1n) is 13.6. The summed E-state index contributed by atoms with van der Waals surface area (Å²) in [6, 6.07) is 14.9. The van der Waals surface area contributed by atoms with Crippen LogP contribution in [-0.4, -0.2) is 53.4 Å². The molecule has 2 heterocycles. The fourth-order valence-electron chi connectivity index (χ4n) is 4.48. The molecule has 41 heavy (non-hydrogen) atoms. The minimum absolute atomic E-state index is 0.00958. The average Bonchev–Trinajstić information content (AvgIpc) is 2.92. The molecule has 1 fully saturated rings. The molecule has 2 amide bonds. The molecule has 1 aliphatic heterocycles.